The third-order valence-corrected chi connectivity index (χ3v) is 12.7. The molecule has 0 atom stereocenters. The summed E-state index contributed by atoms with van der Waals surface area (Å²) >= 11 is 3.80. The highest BCUT2D eigenvalue weighted by Crippen LogP contribution is 2.61. The van der Waals surface area contributed by atoms with Crippen molar-refractivity contribution >= 4 is 97.8 Å². The van der Waals surface area contributed by atoms with Gasteiger partial charge in [0.25, 0.3) is 0 Å². The number of hydrogen-bond acceptors (Lipinski definition) is 5. The summed E-state index contributed by atoms with van der Waals surface area (Å²) < 4.78 is 0. The topological polar surface area (TPSA) is 9.72 Å². The number of rotatable bonds is 7. The van der Waals surface area contributed by atoms with Crippen molar-refractivity contribution in [2.45, 2.75) is 19.6 Å². The van der Waals surface area contributed by atoms with Gasteiger partial charge in [0.1, 0.15) is 0 Å². The molecule has 0 aliphatic carbocycles. The summed E-state index contributed by atoms with van der Waals surface area (Å²) in [5, 5.41) is 0. The zero-order chi connectivity index (χ0) is 35.6. The molecule has 3 nitrogen and oxygen atoms in total. The molecule has 0 fully saturated rings. The molecule has 3 aliphatic rings. The molecule has 8 aromatic rings. The minimum absolute atomic E-state index is 0.000319. The van der Waals surface area contributed by atoms with Crippen molar-refractivity contribution in [3.63, 3.8) is 0 Å². The van der Waals surface area contributed by atoms with Crippen LogP contribution in [-0.2, 0) is 0 Å². The molecule has 0 aromatic heterocycles. The van der Waals surface area contributed by atoms with Crippen molar-refractivity contribution in [3.05, 3.63) is 194 Å². The van der Waals surface area contributed by atoms with Crippen LogP contribution in [0.3, 0.4) is 0 Å². The average molecular weight is 726 g/mol. The first kappa shape index (κ1) is 31.5. The van der Waals surface area contributed by atoms with Crippen LogP contribution in [0.25, 0.3) is 0 Å². The summed E-state index contributed by atoms with van der Waals surface area (Å²) in [4.78, 5) is 12.5. The summed E-state index contributed by atoms with van der Waals surface area (Å²) in [5.74, 6) is 0. The van der Waals surface area contributed by atoms with Crippen molar-refractivity contribution in [2.75, 3.05) is 14.7 Å². The molecule has 8 aromatic carbocycles. The second-order valence-electron chi connectivity index (χ2n) is 13.8. The lowest BCUT2D eigenvalue weighted by atomic mass is 9.35. The van der Waals surface area contributed by atoms with Crippen LogP contribution in [0.15, 0.2) is 214 Å². The van der Waals surface area contributed by atoms with E-state index in [2.05, 4.69) is 209 Å². The smallest absolute Gasteiger partial charge is 0.246 e. The standard InChI is InChI=1S/C48H32BN3S2/c1-6-17-33(18-7-1)49-40-29-38(50(34-19-8-2-9-20-34)35-21-10-3-11-22-35)31-44-46(40)52-47-41(49)30-39(32-45(47)54-43-28-16-27-42(53-44)48(43)52)51(36-23-12-4-13-24-36)37-25-14-5-15-26-37/h1-32H. The van der Waals surface area contributed by atoms with E-state index in [0.29, 0.717) is 0 Å². The zero-order valence-corrected chi connectivity index (χ0v) is 30.8. The van der Waals surface area contributed by atoms with E-state index in [1.807, 2.05) is 23.5 Å². The molecule has 0 saturated heterocycles. The highest BCUT2D eigenvalue weighted by atomic mass is 32.2. The monoisotopic (exact) mass is 725 g/mol. The van der Waals surface area contributed by atoms with E-state index in [-0.39, 0.29) is 6.71 Å². The van der Waals surface area contributed by atoms with Gasteiger partial charge in [-0.2, -0.15) is 0 Å². The Labute approximate surface area is 324 Å². The summed E-state index contributed by atoms with van der Waals surface area (Å²) in [7, 11) is 0. The van der Waals surface area contributed by atoms with Gasteiger partial charge in [-0.05, 0) is 95.9 Å². The van der Waals surface area contributed by atoms with Gasteiger partial charge in [0, 0.05) is 53.7 Å². The van der Waals surface area contributed by atoms with Gasteiger partial charge >= 0.3 is 0 Å². The fraction of sp³-hybridized carbons (Fsp3) is 0. The van der Waals surface area contributed by atoms with E-state index < -0.39 is 0 Å². The van der Waals surface area contributed by atoms with Gasteiger partial charge in [-0.15, -0.1) is 0 Å². The molecule has 0 radical (unpaired) electrons. The second kappa shape index (κ2) is 12.8. The van der Waals surface area contributed by atoms with Gasteiger partial charge in [-0.25, -0.2) is 0 Å². The lowest BCUT2D eigenvalue weighted by Gasteiger charge is -2.46. The first-order valence-corrected chi connectivity index (χ1v) is 19.9. The van der Waals surface area contributed by atoms with Crippen LogP contribution in [0.5, 0.6) is 0 Å². The van der Waals surface area contributed by atoms with Crippen molar-refractivity contribution in [1.82, 2.24) is 0 Å². The highest BCUT2D eigenvalue weighted by molar-refractivity contribution is 8.00. The van der Waals surface area contributed by atoms with Crippen LogP contribution in [0.4, 0.5) is 51.2 Å². The van der Waals surface area contributed by atoms with Crippen molar-refractivity contribution < 1.29 is 0 Å². The largest absolute Gasteiger partial charge is 0.310 e. The molecule has 0 unspecified atom stereocenters. The third kappa shape index (κ3) is 5.02. The lowest BCUT2D eigenvalue weighted by molar-refractivity contribution is 1.09. The number of hydrogen-bond donors (Lipinski definition) is 0. The van der Waals surface area contributed by atoms with Gasteiger partial charge < -0.3 is 14.7 Å². The number of nitrogens with zero attached hydrogens (tertiary/aromatic N) is 3. The molecule has 0 amide bonds. The van der Waals surface area contributed by atoms with Crippen LogP contribution in [0, 0.1) is 0 Å². The molecule has 3 aliphatic heterocycles. The van der Waals surface area contributed by atoms with Gasteiger partial charge in [0.05, 0.1) is 17.1 Å². The average Bonchev–Trinajstić information content (AvgIpc) is 3.23. The van der Waals surface area contributed by atoms with Crippen LogP contribution < -0.4 is 31.1 Å². The Bertz CT molecular complexity index is 2430. The lowest BCUT2D eigenvalue weighted by Crippen LogP contribution is -2.58. The van der Waals surface area contributed by atoms with Crippen LogP contribution in [0.1, 0.15) is 0 Å². The van der Waals surface area contributed by atoms with E-state index in [4.69, 9.17) is 0 Å². The molecule has 0 spiro atoms. The Morgan fingerprint density at radius 3 is 1.09 bits per heavy atom. The highest BCUT2D eigenvalue weighted by Gasteiger charge is 2.44. The SMILES string of the molecule is c1ccc(B2c3cc(N(c4ccccc4)c4ccccc4)cc4c3N3c5c(cccc5Sc5cc(N(c6ccccc6)c6ccccc6)cc2c53)S4)cc1. The Hall–Kier alpha value is -6.08. The first-order valence-electron chi connectivity index (χ1n) is 18.3. The molecule has 54 heavy (non-hydrogen) atoms. The van der Waals surface area contributed by atoms with E-state index in [1.165, 1.54) is 53.0 Å². The number of anilines is 9. The number of para-hydroxylation sites is 5. The fourth-order valence-corrected chi connectivity index (χ4v) is 10.8. The molecule has 3 heterocycles. The molecular formula is C48H32BN3S2. The zero-order valence-electron chi connectivity index (χ0n) is 29.2. The summed E-state index contributed by atoms with van der Waals surface area (Å²) in [6, 6.07) is 70.7. The summed E-state index contributed by atoms with van der Waals surface area (Å²) in [6.45, 7) is -0.000319. The first-order chi connectivity index (χ1) is 26.8. The predicted molar refractivity (Wildman–Crippen MR) is 230 cm³/mol. The quantitative estimate of drug-likeness (QED) is 0.151. The predicted octanol–water partition coefficient (Wildman–Crippen LogP) is 11.9. The Morgan fingerprint density at radius 1 is 0.333 bits per heavy atom. The van der Waals surface area contributed by atoms with Gasteiger partial charge in [-0.1, -0.05) is 138 Å². The summed E-state index contributed by atoms with van der Waals surface area (Å²) in [6.07, 6.45) is 0. The molecule has 11 rings (SSSR count). The maximum Gasteiger partial charge on any atom is 0.246 e. The maximum absolute atomic E-state index is 2.60. The molecule has 0 saturated carbocycles. The van der Waals surface area contributed by atoms with Crippen molar-refractivity contribution in [1.29, 1.82) is 0 Å². The van der Waals surface area contributed by atoms with Crippen LogP contribution in [0.2, 0.25) is 0 Å². The maximum atomic E-state index is 2.60. The van der Waals surface area contributed by atoms with Gasteiger partial charge in [0.2, 0.25) is 6.71 Å². The van der Waals surface area contributed by atoms with Gasteiger partial charge in [-0.3, -0.25) is 0 Å². The van der Waals surface area contributed by atoms with E-state index in [0.717, 1.165) is 34.1 Å². The molecule has 0 bridgehead atoms. The van der Waals surface area contributed by atoms with E-state index >= 15 is 0 Å². The summed E-state index contributed by atoms with van der Waals surface area (Å²) in [5.41, 5.74) is 14.6. The molecule has 0 N–H and O–H groups in total. The third-order valence-electron chi connectivity index (χ3n) is 10.6. The molecule has 6 heteroatoms. The Morgan fingerprint density at radius 2 is 0.704 bits per heavy atom. The van der Waals surface area contributed by atoms with Crippen LogP contribution in [-0.4, -0.2) is 6.71 Å². The fourth-order valence-electron chi connectivity index (χ4n) is 8.40. The molecule has 254 valence electrons. The van der Waals surface area contributed by atoms with Gasteiger partial charge in [0.15, 0.2) is 0 Å². The molecular weight excluding hydrogens is 693 g/mol. The second-order valence-corrected chi connectivity index (χ2v) is 15.9. The van der Waals surface area contributed by atoms with E-state index in [9.17, 15) is 0 Å². The van der Waals surface area contributed by atoms with Crippen LogP contribution >= 0.6 is 23.5 Å². The minimum Gasteiger partial charge on any atom is -0.310 e. The normalized spacial score (nSPS) is 13.0. The Balaban J connectivity index is 1.22. The van der Waals surface area contributed by atoms with Crippen molar-refractivity contribution in [3.8, 4) is 0 Å². The van der Waals surface area contributed by atoms with E-state index in [1.54, 1.807) is 0 Å². The number of benzene rings is 8. The minimum atomic E-state index is -0.000319. The Kier molecular flexibility index (Phi) is 7.46. The van der Waals surface area contributed by atoms with Crippen molar-refractivity contribution in [2.24, 2.45) is 0 Å².